The number of ether oxygens (including phenoxy) is 6. The third kappa shape index (κ3) is 35.8. The van der Waals surface area contributed by atoms with Crippen molar-refractivity contribution >= 4 is 47.8 Å². The Morgan fingerprint density at radius 2 is 0.625 bits per heavy atom. The van der Waals surface area contributed by atoms with Gasteiger partial charge in [0.05, 0.1) is 5.41 Å². The minimum atomic E-state index is -0.856. The molecule has 0 rings (SSSR count). The van der Waals surface area contributed by atoms with Gasteiger partial charge < -0.3 is 38.6 Å². The maximum absolute atomic E-state index is 13.3. The third-order valence-electron chi connectivity index (χ3n) is 13.3. The van der Waals surface area contributed by atoms with Crippen molar-refractivity contribution in [3.63, 3.8) is 0 Å². The standard InChI is InChI=1S/C56H98O16/c1-7-49(59)67-42-44(69-51(61)9-3)34-26-18-13-15-23-31-39-56(55(65)66,40-32-24-16-14-19-27-35-45(70-52(62)10-4)43-68-50(60)8-2)41-33-25-22-29-37-47(72-54(64)12-6)46(71-53(63)11-5)36-28-20-17-21-30-38-48(57)58/h44-47H,7-43H2,1-6H3,(H,57,58)(H,65,66). The van der Waals surface area contributed by atoms with E-state index in [1.54, 1.807) is 41.5 Å². The van der Waals surface area contributed by atoms with Crippen LogP contribution in [0.2, 0.25) is 0 Å². The number of carbonyl (C=O) groups is 8. The summed E-state index contributed by atoms with van der Waals surface area (Å²) in [6.45, 7) is 10.4. The summed E-state index contributed by atoms with van der Waals surface area (Å²) < 4.78 is 33.2. The zero-order valence-electron chi connectivity index (χ0n) is 45.6. The Labute approximate surface area is 432 Å². The van der Waals surface area contributed by atoms with E-state index in [1.807, 2.05) is 0 Å². The van der Waals surface area contributed by atoms with Crippen molar-refractivity contribution in [2.45, 2.75) is 291 Å². The number of carboxylic acid groups (broad SMARTS) is 2. The summed E-state index contributed by atoms with van der Waals surface area (Å²) in [6, 6.07) is 0. The third-order valence-corrected chi connectivity index (χ3v) is 13.3. The SMILES string of the molecule is CCC(=O)OCC(CCCCCCCCC(CCCCCCCCC(COC(=O)CC)OC(=O)CC)(CCCCCCC(OC(=O)CC)C(CCCCCCCC(=O)O)OC(=O)CC)C(=O)O)OC(=O)CC. The lowest BCUT2D eigenvalue weighted by molar-refractivity contribution is -0.169. The highest BCUT2D eigenvalue weighted by Crippen LogP contribution is 2.38. The van der Waals surface area contributed by atoms with Crippen LogP contribution in [0.3, 0.4) is 0 Å². The Morgan fingerprint density at radius 3 is 0.931 bits per heavy atom. The summed E-state index contributed by atoms with van der Waals surface area (Å²) in [4.78, 5) is 96.4. The lowest BCUT2D eigenvalue weighted by Crippen LogP contribution is -2.35. The molecular weight excluding hydrogens is 929 g/mol. The molecule has 0 aliphatic rings. The quantitative estimate of drug-likeness (QED) is 0.0328. The van der Waals surface area contributed by atoms with Crippen molar-refractivity contribution in [3.05, 3.63) is 0 Å². The van der Waals surface area contributed by atoms with E-state index < -0.39 is 41.8 Å². The van der Waals surface area contributed by atoms with Crippen molar-refractivity contribution in [1.29, 1.82) is 0 Å². The van der Waals surface area contributed by atoms with E-state index in [0.29, 0.717) is 57.8 Å². The van der Waals surface area contributed by atoms with Crippen molar-refractivity contribution in [3.8, 4) is 0 Å². The van der Waals surface area contributed by atoms with Crippen molar-refractivity contribution in [2.24, 2.45) is 5.41 Å². The Morgan fingerprint density at radius 1 is 0.347 bits per heavy atom. The molecule has 418 valence electrons. The van der Waals surface area contributed by atoms with Crippen LogP contribution in [0.5, 0.6) is 0 Å². The molecule has 16 heteroatoms. The number of esters is 6. The largest absolute Gasteiger partial charge is 0.481 e. The van der Waals surface area contributed by atoms with Gasteiger partial charge in [-0.15, -0.1) is 0 Å². The first-order valence-electron chi connectivity index (χ1n) is 28.1. The number of aliphatic carboxylic acids is 2. The Kier molecular flexibility index (Phi) is 41.7. The number of carbonyl (C=O) groups excluding carboxylic acids is 6. The molecule has 0 aromatic rings. The minimum Gasteiger partial charge on any atom is -0.481 e. The second-order valence-electron chi connectivity index (χ2n) is 19.3. The average Bonchev–Trinajstić information content (AvgIpc) is 3.37. The Balaban J connectivity index is 5.58. The average molecular weight is 1030 g/mol. The number of rotatable bonds is 49. The van der Waals surface area contributed by atoms with Gasteiger partial charge in [-0.3, -0.25) is 38.4 Å². The highest BCUT2D eigenvalue weighted by molar-refractivity contribution is 5.74. The van der Waals surface area contributed by atoms with Crippen LogP contribution >= 0.6 is 0 Å². The fourth-order valence-electron chi connectivity index (χ4n) is 8.71. The number of hydrogen-bond acceptors (Lipinski definition) is 14. The first-order chi connectivity index (χ1) is 34.6. The number of hydrogen-bond donors (Lipinski definition) is 2. The normalized spacial score (nSPS) is 13.7. The van der Waals surface area contributed by atoms with E-state index in [1.165, 1.54) is 0 Å². The zero-order valence-corrected chi connectivity index (χ0v) is 45.6. The molecule has 2 N–H and O–H groups in total. The van der Waals surface area contributed by atoms with Crippen LogP contribution in [0, 0.1) is 5.41 Å². The summed E-state index contributed by atoms with van der Waals surface area (Å²) >= 11 is 0. The molecule has 0 saturated carbocycles. The maximum atomic E-state index is 13.3. The molecule has 0 aromatic heterocycles. The highest BCUT2D eigenvalue weighted by Gasteiger charge is 2.37. The van der Waals surface area contributed by atoms with Gasteiger partial charge in [-0.1, -0.05) is 144 Å². The van der Waals surface area contributed by atoms with Gasteiger partial charge in [0.1, 0.15) is 37.6 Å². The first-order valence-corrected chi connectivity index (χ1v) is 28.1. The molecule has 0 bridgehead atoms. The van der Waals surface area contributed by atoms with Crippen LogP contribution in [0.4, 0.5) is 0 Å². The molecule has 0 radical (unpaired) electrons. The highest BCUT2D eigenvalue weighted by atomic mass is 16.6. The molecule has 4 unspecified atom stereocenters. The van der Waals surface area contributed by atoms with Crippen LogP contribution in [0.1, 0.15) is 266 Å². The first kappa shape index (κ1) is 67.8. The summed E-state index contributed by atoms with van der Waals surface area (Å²) in [5.74, 6) is -3.59. The van der Waals surface area contributed by atoms with Crippen LogP contribution in [-0.2, 0) is 66.8 Å². The fourth-order valence-corrected chi connectivity index (χ4v) is 8.71. The van der Waals surface area contributed by atoms with Gasteiger partial charge >= 0.3 is 47.8 Å². The van der Waals surface area contributed by atoms with Crippen LogP contribution in [0.15, 0.2) is 0 Å². The maximum Gasteiger partial charge on any atom is 0.309 e. The van der Waals surface area contributed by atoms with Gasteiger partial charge in [0.2, 0.25) is 0 Å². The number of carboxylic acids is 2. The molecule has 72 heavy (non-hydrogen) atoms. The topological polar surface area (TPSA) is 232 Å². The van der Waals surface area contributed by atoms with Gasteiger partial charge in [0.25, 0.3) is 0 Å². The molecule has 4 atom stereocenters. The van der Waals surface area contributed by atoms with Crippen molar-refractivity contribution in [1.82, 2.24) is 0 Å². The van der Waals surface area contributed by atoms with E-state index in [-0.39, 0.29) is 94.0 Å². The van der Waals surface area contributed by atoms with E-state index in [4.69, 9.17) is 33.5 Å². The van der Waals surface area contributed by atoms with E-state index in [2.05, 4.69) is 0 Å². The van der Waals surface area contributed by atoms with Gasteiger partial charge in [-0.2, -0.15) is 0 Å². The second kappa shape index (κ2) is 44.3. The fraction of sp³-hybridized carbons (Fsp3) is 0.857. The summed E-state index contributed by atoms with van der Waals surface area (Å²) in [6.07, 6.45) is 21.0. The monoisotopic (exact) mass is 1030 g/mol. The lowest BCUT2D eigenvalue weighted by atomic mass is 9.74. The molecule has 0 fully saturated rings. The van der Waals surface area contributed by atoms with Crippen molar-refractivity contribution in [2.75, 3.05) is 13.2 Å². The smallest absolute Gasteiger partial charge is 0.309 e. The Bertz CT molecular complexity index is 1440. The van der Waals surface area contributed by atoms with E-state index in [9.17, 15) is 43.5 Å². The molecule has 16 nitrogen and oxygen atoms in total. The van der Waals surface area contributed by atoms with E-state index >= 15 is 0 Å². The molecule has 0 aliphatic heterocycles. The van der Waals surface area contributed by atoms with Gasteiger partial charge in [-0.25, -0.2) is 0 Å². The van der Waals surface area contributed by atoms with E-state index in [0.717, 1.165) is 122 Å². The second-order valence-corrected chi connectivity index (χ2v) is 19.3. The molecular formula is C56H98O16. The van der Waals surface area contributed by atoms with Gasteiger partial charge in [-0.05, 0) is 77.0 Å². The summed E-state index contributed by atoms with van der Waals surface area (Å²) in [7, 11) is 0. The molecule has 0 heterocycles. The zero-order chi connectivity index (χ0) is 53.8. The summed E-state index contributed by atoms with van der Waals surface area (Å²) in [5, 5.41) is 19.8. The lowest BCUT2D eigenvalue weighted by Gasteiger charge is -2.30. The predicted molar refractivity (Wildman–Crippen MR) is 275 cm³/mol. The van der Waals surface area contributed by atoms with Crippen LogP contribution in [-0.4, -0.2) is 95.6 Å². The van der Waals surface area contributed by atoms with Crippen molar-refractivity contribution < 1.29 is 77.0 Å². The molecule has 0 amide bonds. The molecule has 0 saturated heterocycles. The Hall–Kier alpha value is -4.24. The number of unbranched alkanes of at least 4 members (excludes halogenated alkanes) is 17. The minimum absolute atomic E-state index is 0.0549. The van der Waals surface area contributed by atoms with Crippen LogP contribution in [0.25, 0.3) is 0 Å². The molecule has 0 aromatic carbocycles. The van der Waals surface area contributed by atoms with Gasteiger partial charge in [0, 0.05) is 44.9 Å². The van der Waals surface area contributed by atoms with Crippen LogP contribution < -0.4 is 0 Å². The predicted octanol–water partition coefficient (Wildman–Crippen LogP) is 12.6. The van der Waals surface area contributed by atoms with Gasteiger partial charge in [0.15, 0.2) is 0 Å². The molecule has 0 aliphatic carbocycles. The molecule has 0 spiro atoms. The summed E-state index contributed by atoms with van der Waals surface area (Å²) in [5.41, 5.74) is -0.856.